The van der Waals surface area contributed by atoms with Gasteiger partial charge in [-0.15, -0.1) is 0 Å². The lowest BCUT2D eigenvalue weighted by molar-refractivity contribution is -0.139. The monoisotopic (exact) mass is 223 g/mol. The van der Waals surface area contributed by atoms with Gasteiger partial charge in [-0.25, -0.2) is 9.59 Å². The molecule has 0 aromatic heterocycles. The molecule has 5 nitrogen and oxygen atoms in total. The van der Waals surface area contributed by atoms with Crippen molar-refractivity contribution >= 4 is 12.1 Å². The van der Waals surface area contributed by atoms with Gasteiger partial charge in [0.1, 0.15) is 6.04 Å². The minimum atomic E-state index is -1.09. The van der Waals surface area contributed by atoms with Gasteiger partial charge in [0.15, 0.2) is 0 Å². The van der Waals surface area contributed by atoms with Crippen LogP contribution in [0.25, 0.3) is 0 Å². The number of ether oxygens (including phenoxy) is 1. The van der Waals surface area contributed by atoms with Crippen molar-refractivity contribution in [2.45, 2.75) is 12.5 Å². The summed E-state index contributed by atoms with van der Waals surface area (Å²) in [7, 11) is 1.19. The lowest BCUT2D eigenvalue weighted by Crippen LogP contribution is -2.42. The number of alkyl carbamates (subject to hydrolysis) is 1. The Morgan fingerprint density at radius 1 is 1.38 bits per heavy atom. The van der Waals surface area contributed by atoms with Gasteiger partial charge in [-0.05, 0) is 5.56 Å². The van der Waals surface area contributed by atoms with E-state index in [2.05, 4.69) is 10.1 Å². The van der Waals surface area contributed by atoms with Crippen molar-refractivity contribution in [2.75, 3.05) is 7.11 Å². The van der Waals surface area contributed by atoms with Gasteiger partial charge in [-0.2, -0.15) is 0 Å². The highest BCUT2D eigenvalue weighted by molar-refractivity contribution is 5.80. The number of hydrogen-bond acceptors (Lipinski definition) is 3. The van der Waals surface area contributed by atoms with Crippen molar-refractivity contribution in [1.82, 2.24) is 5.32 Å². The maximum Gasteiger partial charge on any atom is 0.407 e. The van der Waals surface area contributed by atoms with Crippen molar-refractivity contribution in [2.24, 2.45) is 0 Å². The molecule has 0 fully saturated rings. The SMILES string of the molecule is COC(=O)N[C@@H](Cc1ccccc1)C(=O)O. The van der Waals surface area contributed by atoms with Crippen LogP contribution in [0.1, 0.15) is 5.56 Å². The molecule has 0 aliphatic rings. The molecule has 0 aliphatic heterocycles. The van der Waals surface area contributed by atoms with Gasteiger partial charge in [-0.3, -0.25) is 0 Å². The highest BCUT2D eigenvalue weighted by Gasteiger charge is 2.20. The molecule has 0 spiro atoms. The highest BCUT2D eigenvalue weighted by atomic mass is 16.5. The Balaban J connectivity index is 2.65. The first kappa shape index (κ1) is 12.0. The summed E-state index contributed by atoms with van der Waals surface area (Å²) in [6.07, 6.45) is -0.519. The summed E-state index contributed by atoms with van der Waals surface area (Å²) in [6, 6.07) is 8.09. The summed E-state index contributed by atoms with van der Waals surface area (Å²) in [4.78, 5) is 21.8. The third-order valence-corrected chi connectivity index (χ3v) is 2.06. The lowest BCUT2D eigenvalue weighted by atomic mass is 10.1. The fourth-order valence-corrected chi connectivity index (χ4v) is 1.25. The number of nitrogens with one attached hydrogen (secondary N) is 1. The van der Waals surface area contributed by atoms with Crippen LogP contribution in [0.15, 0.2) is 30.3 Å². The summed E-state index contributed by atoms with van der Waals surface area (Å²) in [5, 5.41) is 11.2. The molecule has 0 unspecified atom stereocenters. The molecule has 0 bridgehead atoms. The predicted octanol–water partition coefficient (Wildman–Crippen LogP) is 1.04. The number of carbonyl (C=O) groups is 2. The van der Waals surface area contributed by atoms with Crippen molar-refractivity contribution < 1.29 is 19.4 Å². The Hall–Kier alpha value is -2.04. The topological polar surface area (TPSA) is 75.6 Å². The first-order valence-corrected chi connectivity index (χ1v) is 4.74. The molecule has 0 heterocycles. The molecule has 1 aromatic carbocycles. The second-order valence-corrected chi connectivity index (χ2v) is 3.22. The summed E-state index contributed by atoms with van der Waals surface area (Å²) in [5.41, 5.74) is 0.839. The third-order valence-electron chi connectivity index (χ3n) is 2.06. The van der Waals surface area contributed by atoms with Crippen LogP contribution in [0.2, 0.25) is 0 Å². The van der Waals surface area contributed by atoms with Gasteiger partial charge < -0.3 is 15.2 Å². The summed E-state index contributed by atoms with van der Waals surface area (Å²) < 4.78 is 4.36. The van der Waals surface area contributed by atoms with E-state index in [0.29, 0.717) is 0 Å². The van der Waals surface area contributed by atoms with Crippen LogP contribution in [-0.2, 0) is 16.0 Å². The molecule has 2 N–H and O–H groups in total. The van der Waals surface area contributed by atoms with Crippen LogP contribution in [0.5, 0.6) is 0 Å². The second kappa shape index (κ2) is 5.75. The smallest absolute Gasteiger partial charge is 0.407 e. The standard InChI is InChI=1S/C11H13NO4/c1-16-11(15)12-9(10(13)14)7-8-5-3-2-4-6-8/h2-6,9H,7H2,1H3,(H,12,15)(H,13,14)/t9-/m0/s1. The zero-order valence-electron chi connectivity index (χ0n) is 8.84. The number of amides is 1. The molecule has 0 radical (unpaired) electrons. The van der Waals surface area contributed by atoms with E-state index in [4.69, 9.17) is 5.11 Å². The lowest BCUT2D eigenvalue weighted by Gasteiger charge is -2.13. The van der Waals surface area contributed by atoms with E-state index in [1.54, 1.807) is 12.1 Å². The molecule has 0 saturated carbocycles. The van der Waals surface area contributed by atoms with Gasteiger partial charge in [0.2, 0.25) is 0 Å². The van der Waals surface area contributed by atoms with Crippen LogP contribution in [-0.4, -0.2) is 30.3 Å². The minimum Gasteiger partial charge on any atom is -0.480 e. The highest BCUT2D eigenvalue weighted by Crippen LogP contribution is 2.03. The summed E-state index contributed by atoms with van der Waals surface area (Å²) in [5.74, 6) is -1.09. The van der Waals surface area contributed by atoms with Crippen molar-refractivity contribution in [3.05, 3.63) is 35.9 Å². The van der Waals surface area contributed by atoms with Gasteiger partial charge in [0, 0.05) is 6.42 Å². The number of aliphatic carboxylic acids is 1. The number of rotatable bonds is 4. The number of methoxy groups -OCH3 is 1. The molecule has 16 heavy (non-hydrogen) atoms. The van der Waals surface area contributed by atoms with E-state index in [1.807, 2.05) is 18.2 Å². The Bertz CT molecular complexity index is 364. The first-order chi connectivity index (χ1) is 7.63. The number of carboxylic acids is 1. The Kier molecular flexibility index (Phi) is 4.32. The third kappa shape index (κ3) is 3.61. The molecule has 1 aromatic rings. The van der Waals surface area contributed by atoms with Gasteiger partial charge in [0.05, 0.1) is 7.11 Å². The number of carboxylic acid groups (broad SMARTS) is 1. The zero-order chi connectivity index (χ0) is 12.0. The Labute approximate surface area is 93.0 Å². The van der Waals surface area contributed by atoms with Crippen LogP contribution < -0.4 is 5.32 Å². The summed E-state index contributed by atoms with van der Waals surface area (Å²) >= 11 is 0. The molecule has 5 heteroatoms. The van der Waals surface area contributed by atoms with Crippen LogP contribution in [0.3, 0.4) is 0 Å². The van der Waals surface area contributed by atoms with Crippen molar-refractivity contribution in [3.63, 3.8) is 0 Å². The minimum absolute atomic E-state index is 0.227. The summed E-state index contributed by atoms with van der Waals surface area (Å²) in [6.45, 7) is 0. The number of hydrogen-bond donors (Lipinski definition) is 2. The average Bonchev–Trinajstić information content (AvgIpc) is 2.29. The molecule has 86 valence electrons. The Morgan fingerprint density at radius 2 is 2.00 bits per heavy atom. The Morgan fingerprint density at radius 3 is 2.50 bits per heavy atom. The van der Waals surface area contributed by atoms with E-state index in [9.17, 15) is 9.59 Å². The van der Waals surface area contributed by atoms with E-state index in [0.717, 1.165) is 5.56 Å². The van der Waals surface area contributed by atoms with Crippen molar-refractivity contribution in [1.29, 1.82) is 0 Å². The molecular formula is C11H13NO4. The predicted molar refractivity (Wildman–Crippen MR) is 57.1 cm³/mol. The fourth-order valence-electron chi connectivity index (χ4n) is 1.25. The maximum absolute atomic E-state index is 10.9. The van der Waals surface area contributed by atoms with E-state index in [-0.39, 0.29) is 6.42 Å². The largest absolute Gasteiger partial charge is 0.480 e. The zero-order valence-corrected chi connectivity index (χ0v) is 8.84. The average molecular weight is 223 g/mol. The number of benzene rings is 1. The molecule has 0 aliphatic carbocycles. The number of carbonyl (C=O) groups excluding carboxylic acids is 1. The normalized spacial score (nSPS) is 11.6. The quantitative estimate of drug-likeness (QED) is 0.799. The van der Waals surface area contributed by atoms with Gasteiger partial charge in [-0.1, -0.05) is 30.3 Å². The van der Waals surface area contributed by atoms with Crippen LogP contribution in [0.4, 0.5) is 4.79 Å². The van der Waals surface area contributed by atoms with E-state index in [1.165, 1.54) is 7.11 Å². The molecule has 0 saturated heterocycles. The van der Waals surface area contributed by atoms with Gasteiger partial charge >= 0.3 is 12.1 Å². The first-order valence-electron chi connectivity index (χ1n) is 4.74. The van der Waals surface area contributed by atoms with Gasteiger partial charge in [0.25, 0.3) is 0 Å². The molecular weight excluding hydrogens is 210 g/mol. The van der Waals surface area contributed by atoms with Crippen molar-refractivity contribution in [3.8, 4) is 0 Å². The van der Waals surface area contributed by atoms with E-state index < -0.39 is 18.1 Å². The molecule has 1 atom stereocenters. The maximum atomic E-state index is 10.9. The molecule has 1 amide bonds. The molecule has 1 rings (SSSR count). The van der Waals surface area contributed by atoms with E-state index >= 15 is 0 Å². The van der Waals surface area contributed by atoms with Crippen LogP contribution >= 0.6 is 0 Å². The van der Waals surface area contributed by atoms with Crippen LogP contribution in [0, 0.1) is 0 Å². The fraction of sp³-hybridized carbons (Fsp3) is 0.273. The second-order valence-electron chi connectivity index (χ2n) is 3.22.